The lowest BCUT2D eigenvalue weighted by atomic mass is 9.98. The van der Waals surface area contributed by atoms with Gasteiger partial charge in [-0.15, -0.1) is 0 Å². The Morgan fingerprint density at radius 2 is 1.66 bits per heavy atom. The fourth-order valence-electron chi connectivity index (χ4n) is 4.88. The van der Waals surface area contributed by atoms with Crippen molar-refractivity contribution in [1.29, 1.82) is 0 Å². The molecule has 0 heterocycles. The number of carboxylic acid groups (broad SMARTS) is 1. The second-order valence-corrected chi connectivity index (χ2v) is 9.06. The molecule has 2 aromatic rings. The molecule has 0 aliphatic heterocycles. The van der Waals surface area contributed by atoms with E-state index in [1.807, 2.05) is 55.5 Å². The maximum atomic E-state index is 13.5. The maximum absolute atomic E-state index is 13.5. The normalized spacial score (nSPS) is 20.3. The Labute approximate surface area is 201 Å². The van der Waals surface area contributed by atoms with Gasteiger partial charge in [-0.3, -0.25) is 9.59 Å². The molecule has 186 valence electrons. The summed E-state index contributed by atoms with van der Waals surface area (Å²) in [5.41, 5.74) is 4.40. The predicted octanol–water partition coefficient (Wildman–Crippen LogP) is 4.17. The van der Waals surface area contributed by atoms with Crippen molar-refractivity contribution in [2.45, 2.75) is 44.1 Å². The molecule has 0 radical (unpaired) electrons. The minimum atomic E-state index is -3.32. The molecule has 0 aromatic heterocycles. The molecule has 2 aromatic carbocycles. The first-order valence-corrected chi connectivity index (χ1v) is 11.7. The largest absolute Gasteiger partial charge is 0.481 e. The first kappa shape index (κ1) is 24.6. The van der Waals surface area contributed by atoms with Crippen molar-refractivity contribution in [3.05, 3.63) is 59.7 Å². The fourth-order valence-corrected chi connectivity index (χ4v) is 4.88. The van der Waals surface area contributed by atoms with Crippen LogP contribution < -0.4 is 10.6 Å². The number of carbonyl (C=O) groups is 3. The van der Waals surface area contributed by atoms with E-state index in [1.165, 1.54) is 0 Å². The third-order valence-electron chi connectivity index (χ3n) is 6.72. The van der Waals surface area contributed by atoms with Crippen molar-refractivity contribution in [1.82, 2.24) is 10.6 Å². The number of benzene rings is 2. The summed E-state index contributed by atoms with van der Waals surface area (Å²) in [7, 11) is 0. The number of fused-ring (bicyclic) bond motifs is 3. The molecule has 1 saturated carbocycles. The Kier molecular flexibility index (Phi) is 7.05. The number of halogens is 2. The molecule has 0 spiro atoms. The summed E-state index contributed by atoms with van der Waals surface area (Å²) in [6.45, 7) is 1.61. The van der Waals surface area contributed by atoms with E-state index in [2.05, 4.69) is 10.6 Å². The van der Waals surface area contributed by atoms with Gasteiger partial charge in [-0.05, 0) is 28.7 Å². The lowest BCUT2D eigenvalue weighted by Crippen LogP contribution is -2.40. The van der Waals surface area contributed by atoms with Crippen molar-refractivity contribution in [3.63, 3.8) is 0 Å². The lowest BCUT2D eigenvalue weighted by molar-refractivity contribution is -0.141. The summed E-state index contributed by atoms with van der Waals surface area (Å²) in [5.74, 6) is -8.70. The summed E-state index contributed by atoms with van der Waals surface area (Å²) in [6, 6.07) is 15.4. The summed E-state index contributed by atoms with van der Waals surface area (Å²) in [4.78, 5) is 35.7. The van der Waals surface area contributed by atoms with Gasteiger partial charge in [0.05, 0.1) is 5.92 Å². The number of nitrogens with one attached hydrogen (secondary N) is 2. The molecule has 0 bridgehead atoms. The zero-order chi connectivity index (χ0) is 25.2. The topological polar surface area (TPSA) is 105 Å². The molecule has 2 aliphatic carbocycles. The van der Waals surface area contributed by atoms with Crippen LogP contribution >= 0.6 is 0 Å². The van der Waals surface area contributed by atoms with Crippen LogP contribution in [0.4, 0.5) is 13.6 Å². The van der Waals surface area contributed by atoms with Gasteiger partial charge in [0.2, 0.25) is 5.91 Å². The van der Waals surface area contributed by atoms with Crippen molar-refractivity contribution < 1.29 is 33.0 Å². The van der Waals surface area contributed by atoms with Gasteiger partial charge in [0.15, 0.2) is 0 Å². The van der Waals surface area contributed by atoms with Gasteiger partial charge in [-0.2, -0.15) is 0 Å². The van der Waals surface area contributed by atoms with Crippen LogP contribution in [0, 0.1) is 11.8 Å². The Morgan fingerprint density at radius 3 is 2.20 bits per heavy atom. The zero-order valence-corrected chi connectivity index (χ0v) is 19.3. The van der Waals surface area contributed by atoms with Gasteiger partial charge >= 0.3 is 12.1 Å². The molecule has 3 N–H and O–H groups in total. The summed E-state index contributed by atoms with van der Waals surface area (Å²) < 4.78 is 32.5. The first-order valence-electron chi connectivity index (χ1n) is 11.7. The van der Waals surface area contributed by atoms with Crippen LogP contribution in [0.5, 0.6) is 0 Å². The standard InChI is InChI=1S/C26H28F2N2O5/c1-2-7-15(12-22(31)29-13-21-23(24(32)33)26(21,27)28)30-25(34)35-14-20-18-10-5-3-8-16(18)17-9-4-6-11-19(17)20/h3-6,8-11,15,20-21,23H,2,7,12-14H2,1H3,(H,29,31)(H,30,34)(H,32,33)/t15-,21-,23-/m1/s1. The van der Waals surface area contributed by atoms with Gasteiger partial charge in [-0.1, -0.05) is 61.9 Å². The third kappa shape index (κ3) is 5.13. The van der Waals surface area contributed by atoms with Crippen LogP contribution in [-0.4, -0.2) is 48.2 Å². The summed E-state index contributed by atoms with van der Waals surface area (Å²) >= 11 is 0. The molecule has 1 fully saturated rings. The van der Waals surface area contributed by atoms with Crippen LogP contribution in [-0.2, 0) is 14.3 Å². The highest BCUT2D eigenvalue weighted by molar-refractivity contribution is 5.80. The van der Waals surface area contributed by atoms with E-state index in [9.17, 15) is 23.2 Å². The van der Waals surface area contributed by atoms with Gasteiger partial charge in [0.1, 0.15) is 12.5 Å². The Balaban J connectivity index is 1.29. The third-order valence-corrected chi connectivity index (χ3v) is 6.72. The number of amides is 2. The zero-order valence-electron chi connectivity index (χ0n) is 19.3. The second kappa shape index (κ2) is 10.0. The monoisotopic (exact) mass is 486 g/mol. The van der Waals surface area contributed by atoms with Crippen molar-refractivity contribution in [2.24, 2.45) is 11.8 Å². The Morgan fingerprint density at radius 1 is 1.06 bits per heavy atom. The molecule has 9 heteroatoms. The van der Waals surface area contributed by atoms with Crippen LogP contribution in [0.3, 0.4) is 0 Å². The van der Waals surface area contributed by atoms with Crippen molar-refractivity contribution in [3.8, 4) is 11.1 Å². The highest BCUT2D eigenvalue weighted by atomic mass is 19.3. The molecule has 7 nitrogen and oxygen atoms in total. The Bertz CT molecular complexity index is 1080. The molecule has 2 amide bonds. The van der Waals surface area contributed by atoms with Crippen LogP contribution in [0.1, 0.15) is 43.2 Å². The highest BCUT2D eigenvalue weighted by Crippen LogP contribution is 2.54. The van der Waals surface area contributed by atoms with E-state index in [0.717, 1.165) is 22.3 Å². The fraction of sp³-hybridized carbons (Fsp3) is 0.423. The number of hydrogen-bond donors (Lipinski definition) is 3. The van der Waals surface area contributed by atoms with E-state index in [4.69, 9.17) is 9.84 Å². The summed E-state index contributed by atoms with van der Waals surface area (Å²) in [6.07, 6.45) is 0.407. The molecule has 0 unspecified atom stereocenters. The number of alkyl carbamates (subject to hydrolysis) is 1. The molecule has 4 rings (SSSR count). The number of hydrogen-bond acceptors (Lipinski definition) is 4. The summed E-state index contributed by atoms with van der Waals surface area (Å²) in [5, 5.41) is 13.9. The smallest absolute Gasteiger partial charge is 0.407 e. The number of rotatable bonds is 10. The van der Waals surface area contributed by atoms with Gasteiger partial charge in [-0.25, -0.2) is 13.6 Å². The van der Waals surface area contributed by atoms with Gasteiger partial charge < -0.3 is 20.5 Å². The minimum absolute atomic E-state index is 0.0940. The van der Waals surface area contributed by atoms with Crippen LogP contribution in [0.2, 0.25) is 0 Å². The molecule has 0 saturated heterocycles. The second-order valence-electron chi connectivity index (χ2n) is 9.06. The number of ether oxygens (including phenoxy) is 1. The number of carbonyl (C=O) groups excluding carboxylic acids is 2. The average molecular weight is 487 g/mol. The first-order chi connectivity index (χ1) is 16.7. The molecule has 2 aliphatic rings. The van der Waals surface area contributed by atoms with E-state index in [1.54, 1.807) is 0 Å². The number of alkyl halides is 2. The van der Waals surface area contributed by atoms with Crippen LogP contribution in [0.15, 0.2) is 48.5 Å². The quantitative estimate of drug-likeness (QED) is 0.468. The maximum Gasteiger partial charge on any atom is 0.407 e. The van der Waals surface area contributed by atoms with Crippen LogP contribution in [0.25, 0.3) is 11.1 Å². The number of aliphatic carboxylic acids is 1. The number of carboxylic acids is 1. The molecular formula is C26H28F2N2O5. The van der Waals surface area contributed by atoms with E-state index in [0.29, 0.717) is 12.8 Å². The van der Waals surface area contributed by atoms with Gasteiger partial charge in [0.25, 0.3) is 5.92 Å². The van der Waals surface area contributed by atoms with E-state index < -0.39 is 48.3 Å². The molecule has 35 heavy (non-hydrogen) atoms. The van der Waals surface area contributed by atoms with E-state index in [-0.39, 0.29) is 18.9 Å². The molecule has 3 atom stereocenters. The average Bonchev–Trinajstić information content (AvgIpc) is 3.23. The van der Waals surface area contributed by atoms with Crippen molar-refractivity contribution in [2.75, 3.05) is 13.2 Å². The van der Waals surface area contributed by atoms with Gasteiger partial charge in [0, 0.05) is 24.9 Å². The predicted molar refractivity (Wildman–Crippen MR) is 124 cm³/mol. The minimum Gasteiger partial charge on any atom is -0.481 e. The van der Waals surface area contributed by atoms with Crippen molar-refractivity contribution >= 4 is 18.0 Å². The highest BCUT2D eigenvalue weighted by Gasteiger charge is 2.72. The Hall–Kier alpha value is -3.49. The SMILES string of the molecule is CCC[C@H](CC(=O)NC[C@@H]1[C@H](C(=O)O)C1(F)F)NC(=O)OCC1c2ccccc2-c2ccccc21. The molecular weight excluding hydrogens is 458 g/mol. The lowest BCUT2D eigenvalue weighted by Gasteiger charge is -2.19. The van der Waals surface area contributed by atoms with E-state index >= 15 is 0 Å².